The Labute approximate surface area is 136 Å². The number of amides is 1. The Balaban J connectivity index is 2.62. The lowest BCUT2D eigenvalue weighted by Crippen LogP contribution is -2.41. The van der Waals surface area contributed by atoms with E-state index in [0.29, 0.717) is 0 Å². The largest absolute Gasteiger partial charge is 0.479 e. The number of carbonyl (C=O) groups excluding carboxylic acids is 1. The lowest BCUT2D eigenvalue weighted by Gasteiger charge is -2.33. The van der Waals surface area contributed by atoms with Crippen molar-refractivity contribution in [3.63, 3.8) is 0 Å². The molecule has 0 bridgehead atoms. The highest BCUT2D eigenvalue weighted by atomic mass is 16.5. The summed E-state index contributed by atoms with van der Waals surface area (Å²) in [6.45, 7) is 5.32. The highest BCUT2D eigenvalue weighted by Gasteiger charge is 2.37. The molecule has 2 unspecified atom stereocenters. The molecule has 2 heterocycles. The minimum absolute atomic E-state index is 0.264. The van der Waals surface area contributed by atoms with Gasteiger partial charge >= 0.3 is 17.3 Å². The summed E-state index contributed by atoms with van der Waals surface area (Å²) in [4.78, 5) is 47.8. The number of carboxylic acid groups (broad SMARTS) is 1. The van der Waals surface area contributed by atoms with E-state index in [0.717, 1.165) is 13.9 Å². The van der Waals surface area contributed by atoms with Crippen molar-refractivity contribution in [2.45, 2.75) is 45.8 Å². The summed E-state index contributed by atoms with van der Waals surface area (Å²) in [5.41, 5.74) is -0.520. The summed E-state index contributed by atoms with van der Waals surface area (Å²) in [5.74, 6) is -2.02. The van der Waals surface area contributed by atoms with E-state index in [9.17, 15) is 24.3 Å². The Morgan fingerprint density at radius 3 is 2.25 bits per heavy atom. The van der Waals surface area contributed by atoms with Gasteiger partial charge in [0.1, 0.15) is 0 Å². The van der Waals surface area contributed by atoms with Gasteiger partial charge in [-0.25, -0.2) is 33.8 Å². The maximum Gasteiger partial charge on any atom is 0.348 e. The summed E-state index contributed by atoms with van der Waals surface area (Å²) in [6, 6.07) is -1.81. The van der Waals surface area contributed by atoms with E-state index in [4.69, 9.17) is 5.21 Å². The fourth-order valence-electron chi connectivity index (χ4n) is 2.70. The van der Waals surface area contributed by atoms with E-state index < -0.39 is 40.8 Å². The van der Waals surface area contributed by atoms with Crippen LogP contribution < -0.4 is 16.9 Å². The molecule has 132 valence electrons. The number of hydrogen-bond donors (Lipinski definition) is 3. The summed E-state index contributed by atoms with van der Waals surface area (Å²) in [5, 5.41) is 17.8. The molecule has 1 aromatic heterocycles. The fraction of sp³-hybridized carbons (Fsp3) is 0.571. The number of rotatable bonds is 4. The van der Waals surface area contributed by atoms with Crippen molar-refractivity contribution in [3.8, 4) is 0 Å². The molecular weight excluding hydrogens is 320 g/mol. The number of carboxylic acids is 1. The number of nitrogens with one attached hydrogen (secondary N) is 1. The molecule has 10 heteroatoms. The Morgan fingerprint density at radius 2 is 1.75 bits per heavy atom. The highest BCUT2D eigenvalue weighted by molar-refractivity contribution is 5.74. The zero-order chi connectivity index (χ0) is 18.2. The molecule has 0 aromatic carbocycles. The molecule has 0 radical (unpaired) electrons. The molecule has 1 aliphatic rings. The van der Waals surface area contributed by atoms with Crippen molar-refractivity contribution >= 4 is 11.9 Å². The van der Waals surface area contributed by atoms with Crippen LogP contribution in [-0.4, -0.2) is 36.1 Å². The fourth-order valence-corrected chi connectivity index (χ4v) is 2.70. The number of fused-ring (bicyclic) bond motifs is 1. The number of carbonyl (C=O) groups is 2. The second kappa shape index (κ2) is 6.11. The van der Waals surface area contributed by atoms with E-state index >= 15 is 0 Å². The summed E-state index contributed by atoms with van der Waals surface area (Å²) in [7, 11) is 0. The van der Waals surface area contributed by atoms with Gasteiger partial charge in [-0.05, 0) is 5.41 Å². The minimum Gasteiger partial charge on any atom is -0.479 e. The van der Waals surface area contributed by atoms with Gasteiger partial charge in [-0.15, -0.1) is 0 Å². The highest BCUT2D eigenvalue weighted by Crippen LogP contribution is 2.33. The Kier molecular flexibility index (Phi) is 4.52. The van der Waals surface area contributed by atoms with Crippen LogP contribution in [0.25, 0.3) is 0 Å². The van der Waals surface area contributed by atoms with Crippen LogP contribution in [0.3, 0.4) is 0 Å². The molecule has 0 saturated heterocycles. The molecule has 2 rings (SSSR count). The van der Waals surface area contributed by atoms with Crippen LogP contribution in [0, 0.1) is 5.41 Å². The Bertz CT molecular complexity index is 807. The molecule has 0 spiro atoms. The predicted octanol–water partition coefficient (Wildman–Crippen LogP) is -0.510. The van der Waals surface area contributed by atoms with E-state index in [1.807, 2.05) is 20.8 Å². The van der Waals surface area contributed by atoms with Crippen LogP contribution in [0.4, 0.5) is 0 Å². The third-order valence-electron chi connectivity index (χ3n) is 3.92. The van der Waals surface area contributed by atoms with E-state index in [1.54, 1.807) is 6.08 Å². The lowest BCUT2D eigenvalue weighted by atomic mass is 9.85. The van der Waals surface area contributed by atoms with Crippen LogP contribution in [0.2, 0.25) is 0 Å². The SMILES string of the molecule is CC(C)(C)C1C=CC(C(=O)O)n2c(=O)n(CCC(=O)NO)c(=O)n21. The normalized spacial score (nSPS) is 19.8. The Morgan fingerprint density at radius 1 is 1.17 bits per heavy atom. The van der Waals surface area contributed by atoms with Gasteiger partial charge in [0.15, 0.2) is 6.04 Å². The van der Waals surface area contributed by atoms with Crippen molar-refractivity contribution in [1.82, 2.24) is 19.4 Å². The van der Waals surface area contributed by atoms with E-state index in [-0.39, 0.29) is 13.0 Å². The average molecular weight is 340 g/mol. The third kappa shape index (κ3) is 2.92. The maximum atomic E-state index is 12.6. The molecule has 1 aliphatic heterocycles. The zero-order valence-electron chi connectivity index (χ0n) is 13.6. The van der Waals surface area contributed by atoms with E-state index in [2.05, 4.69) is 0 Å². The molecule has 24 heavy (non-hydrogen) atoms. The molecule has 1 aromatic rings. The van der Waals surface area contributed by atoms with Gasteiger partial charge in [0.25, 0.3) is 0 Å². The van der Waals surface area contributed by atoms with Crippen molar-refractivity contribution < 1.29 is 19.9 Å². The monoisotopic (exact) mass is 340 g/mol. The van der Waals surface area contributed by atoms with Crippen molar-refractivity contribution in [1.29, 1.82) is 0 Å². The standard InChI is InChI=1S/C14H20N4O6/c1-14(2,3)9-5-4-8(11(20)21)17-12(22)16(13(23)18(9)17)7-6-10(19)15-24/h4-5,8-9,24H,6-7H2,1-3H3,(H,15,19)(H,20,21). The molecule has 2 atom stereocenters. The first-order valence-corrected chi connectivity index (χ1v) is 7.37. The predicted molar refractivity (Wildman–Crippen MR) is 81.8 cm³/mol. The molecule has 0 fully saturated rings. The van der Waals surface area contributed by atoms with Crippen LogP contribution >= 0.6 is 0 Å². The number of hydroxylamine groups is 1. The van der Waals surface area contributed by atoms with Gasteiger partial charge in [-0.2, -0.15) is 0 Å². The van der Waals surface area contributed by atoms with Gasteiger partial charge in [0.2, 0.25) is 5.91 Å². The van der Waals surface area contributed by atoms with Crippen LogP contribution in [0.15, 0.2) is 21.7 Å². The topological polar surface area (TPSA) is 136 Å². The molecule has 0 aliphatic carbocycles. The first-order chi connectivity index (χ1) is 11.1. The smallest absolute Gasteiger partial charge is 0.348 e. The summed E-state index contributed by atoms with van der Waals surface area (Å²) in [6.07, 6.45) is 2.69. The quantitative estimate of drug-likeness (QED) is 0.384. The zero-order valence-corrected chi connectivity index (χ0v) is 13.6. The summed E-state index contributed by atoms with van der Waals surface area (Å²) >= 11 is 0. The van der Waals surface area contributed by atoms with Crippen LogP contribution in [0.1, 0.15) is 39.3 Å². The van der Waals surface area contributed by atoms with Gasteiger partial charge in [0.05, 0.1) is 6.04 Å². The molecule has 3 N–H and O–H groups in total. The number of aliphatic carboxylic acids is 1. The number of nitrogens with zero attached hydrogens (tertiary/aromatic N) is 3. The minimum atomic E-state index is -1.29. The van der Waals surface area contributed by atoms with Gasteiger partial charge < -0.3 is 5.11 Å². The van der Waals surface area contributed by atoms with Crippen molar-refractivity contribution in [3.05, 3.63) is 33.1 Å². The average Bonchev–Trinajstić information content (AvgIpc) is 2.75. The summed E-state index contributed by atoms with van der Waals surface area (Å²) < 4.78 is 2.83. The van der Waals surface area contributed by atoms with Crippen LogP contribution in [-0.2, 0) is 16.1 Å². The van der Waals surface area contributed by atoms with Crippen molar-refractivity contribution in [2.75, 3.05) is 0 Å². The van der Waals surface area contributed by atoms with Gasteiger partial charge in [-0.3, -0.25) is 10.0 Å². The molecule has 0 saturated carbocycles. The number of hydrogen-bond acceptors (Lipinski definition) is 5. The second-order valence-corrected chi connectivity index (χ2v) is 6.67. The van der Waals surface area contributed by atoms with Crippen molar-refractivity contribution in [2.24, 2.45) is 5.41 Å². The van der Waals surface area contributed by atoms with Crippen LogP contribution in [0.5, 0.6) is 0 Å². The lowest BCUT2D eigenvalue weighted by molar-refractivity contribution is -0.140. The number of allylic oxidation sites excluding steroid dienone is 1. The van der Waals surface area contributed by atoms with E-state index in [1.165, 1.54) is 11.6 Å². The first kappa shape index (κ1) is 17.7. The molecular formula is C14H20N4O6. The van der Waals surface area contributed by atoms with Gasteiger partial charge in [-0.1, -0.05) is 32.9 Å². The third-order valence-corrected chi connectivity index (χ3v) is 3.92. The first-order valence-electron chi connectivity index (χ1n) is 7.37. The molecule has 1 amide bonds. The second-order valence-electron chi connectivity index (χ2n) is 6.67. The maximum absolute atomic E-state index is 12.6. The molecule has 10 nitrogen and oxygen atoms in total. The Hall–Kier alpha value is -2.62. The van der Waals surface area contributed by atoms with Gasteiger partial charge in [0, 0.05) is 13.0 Å². The number of aromatic nitrogens is 3.